The van der Waals surface area contributed by atoms with E-state index < -0.39 is 6.10 Å². The van der Waals surface area contributed by atoms with Crippen LogP contribution in [0.15, 0.2) is 30.3 Å². The third-order valence-electron chi connectivity index (χ3n) is 4.52. The second-order valence-electron chi connectivity index (χ2n) is 6.12. The summed E-state index contributed by atoms with van der Waals surface area (Å²) in [4.78, 5) is 0. The first-order valence-electron chi connectivity index (χ1n) is 8.20. The Morgan fingerprint density at radius 2 is 1.88 bits per heavy atom. The van der Waals surface area contributed by atoms with Crippen LogP contribution >= 0.6 is 0 Å². The normalized spacial score (nSPS) is 18.7. The van der Waals surface area contributed by atoms with Crippen LogP contribution in [0.25, 0.3) is 0 Å². The number of phenols is 2. The molecule has 0 aliphatic carbocycles. The number of benzene rings is 2. The zero-order valence-corrected chi connectivity index (χ0v) is 14.0. The summed E-state index contributed by atoms with van der Waals surface area (Å²) in [5, 5.41) is 39.0. The molecular weight excluding hydrogens is 324 g/mol. The van der Waals surface area contributed by atoms with E-state index in [1.165, 1.54) is 13.2 Å². The second kappa shape index (κ2) is 7.21. The summed E-state index contributed by atoms with van der Waals surface area (Å²) in [6, 6.07) is 8.42. The molecule has 0 amide bonds. The molecule has 2 aromatic carbocycles. The minimum atomic E-state index is -0.492. The molecule has 0 aromatic heterocycles. The maximum Gasteiger partial charge on any atom is 0.165 e. The third-order valence-corrected chi connectivity index (χ3v) is 4.52. The Bertz CT molecular complexity index is 758. The smallest absolute Gasteiger partial charge is 0.165 e. The molecule has 1 unspecified atom stereocenters. The molecule has 0 bridgehead atoms. The lowest BCUT2D eigenvalue weighted by molar-refractivity contribution is 0.157. The summed E-state index contributed by atoms with van der Waals surface area (Å²) in [5.41, 5.74) is 2.37. The summed E-state index contributed by atoms with van der Waals surface area (Å²) in [7, 11) is 1.46. The van der Waals surface area contributed by atoms with Crippen LogP contribution in [0.3, 0.4) is 0 Å². The molecule has 134 valence electrons. The molecule has 2 atom stereocenters. The molecule has 6 heteroatoms. The molecular formula is C19H22O6. The zero-order valence-electron chi connectivity index (χ0n) is 14.0. The number of aromatic hydroxyl groups is 2. The van der Waals surface area contributed by atoms with Gasteiger partial charge in [-0.15, -0.1) is 0 Å². The lowest BCUT2D eigenvalue weighted by Gasteiger charge is -2.18. The van der Waals surface area contributed by atoms with Crippen LogP contribution in [0.5, 0.6) is 23.0 Å². The van der Waals surface area contributed by atoms with Crippen LogP contribution in [0.1, 0.15) is 35.1 Å². The van der Waals surface area contributed by atoms with E-state index in [9.17, 15) is 15.3 Å². The van der Waals surface area contributed by atoms with Crippen molar-refractivity contribution >= 4 is 0 Å². The first-order chi connectivity index (χ1) is 12.1. The minimum absolute atomic E-state index is 0.0245. The highest BCUT2D eigenvalue weighted by molar-refractivity contribution is 5.55. The SMILES string of the molecule is COc1cc([C@H]2Oc3c(O)cc(CCCO)cc3C2CO)ccc1O. The van der Waals surface area contributed by atoms with E-state index in [2.05, 4.69) is 0 Å². The Labute approximate surface area is 145 Å². The van der Waals surface area contributed by atoms with Crippen LogP contribution in [0.4, 0.5) is 0 Å². The van der Waals surface area contributed by atoms with Crippen LogP contribution in [0.2, 0.25) is 0 Å². The van der Waals surface area contributed by atoms with Gasteiger partial charge in [0.15, 0.2) is 23.0 Å². The Kier molecular flexibility index (Phi) is 5.01. The lowest BCUT2D eigenvalue weighted by atomic mass is 9.90. The number of methoxy groups -OCH3 is 1. The van der Waals surface area contributed by atoms with Crippen molar-refractivity contribution in [3.63, 3.8) is 0 Å². The van der Waals surface area contributed by atoms with E-state index in [-0.39, 0.29) is 30.6 Å². The van der Waals surface area contributed by atoms with Gasteiger partial charge >= 0.3 is 0 Å². The number of ether oxygens (including phenoxy) is 2. The molecule has 25 heavy (non-hydrogen) atoms. The standard InChI is InChI=1S/C19H22O6/c1-24-17-9-12(4-5-15(17)22)18-14(10-21)13-7-11(3-2-6-20)8-16(23)19(13)25-18/h4-5,7-9,14,18,20-23H,2-3,6,10H2,1H3/t14?,18-/m1/s1. The van der Waals surface area contributed by atoms with E-state index in [1.54, 1.807) is 18.2 Å². The summed E-state index contributed by atoms with van der Waals surface area (Å²) in [6.07, 6.45) is 0.739. The van der Waals surface area contributed by atoms with Crippen molar-refractivity contribution in [3.8, 4) is 23.0 Å². The molecule has 1 heterocycles. The number of fused-ring (bicyclic) bond motifs is 1. The molecule has 4 N–H and O–H groups in total. The number of aliphatic hydroxyl groups is 2. The second-order valence-corrected chi connectivity index (χ2v) is 6.12. The van der Waals surface area contributed by atoms with E-state index in [1.807, 2.05) is 6.07 Å². The number of aryl methyl sites for hydroxylation is 1. The van der Waals surface area contributed by atoms with E-state index in [0.717, 1.165) is 16.7 Å². The van der Waals surface area contributed by atoms with Crippen LogP contribution in [0, 0.1) is 0 Å². The van der Waals surface area contributed by atoms with Crippen LogP contribution in [-0.2, 0) is 6.42 Å². The predicted octanol–water partition coefficient (Wildman–Crippen LogP) is 2.24. The van der Waals surface area contributed by atoms with Crippen molar-refractivity contribution in [2.24, 2.45) is 0 Å². The van der Waals surface area contributed by atoms with Crippen LogP contribution < -0.4 is 9.47 Å². The molecule has 1 aliphatic rings. The lowest BCUT2D eigenvalue weighted by Crippen LogP contribution is -2.13. The van der Waals surface area contributed by atoms with Gasteiger partial charge in [-0.2, -0.15) is 0 Å². The van der Waals surface area contributed by atoms with Gasteiger partial charge in [-0.25, -0.2) is 0 Å². The fraction of sp³-hybridized carbons (Fsp3) is 0.368. The van der Waals surface area contributed by atoms with Gasteiger partial charge in [-0.1, -0.05) is 12.1 Å². The van der Waals surface area contributed by atoms with Crippen molar-refractivity contribution in [1.29, 1.82) is 0 Å². The quantitative estimate of drug-likeness (QED) is 0.640. The Balaban J connectivity index is 1.97. The highest BCUT2D eigenvalue weighted by atomic mass is 16.5. The fourth-order valence-corrected chi connectivity index (χ4v) is 3.27. The van der Waals surface area contributed by atoms with Gasteiger partial charge in [0.25, 0.3) is 0 Å². The first-order valence-corrected chi connectivity index (χ1v) is 8.20. The minimum Gasteiger partial charge on any atom is -0.504 e. The van der Waals surface area contributed by atoms with Crippen molar-refractivity contribution < 1.29 is 29.9 Å². The number of aliphatic hydroxyl groups excluding tert-OH is 2. The Morgan fingerprint density at radius 3 is 2.56 bits per heavy atom. The van der Waals surface area contributed by atoms with Gasteiger partial charge in [0, 0.05) is 12.2 Å². The number of hydrogen-bond donors (Lipinski definition) is 4. The highest BCUT2D eigenvalue weighted by Crippen LogP contribution is 2.51. The summed E-state index contributed by atoms with van der Waals surface area (Å²) >= 11 is 0. The number of rotatable bonds is 6. The molecule has 1 aliphatic heterocycles. The zero-order chi connectivity index (χ0) is 18.0. The van der Waals surface area contributed by atoms with E-state index in [4.69, 9.17) is 14.6 Å². The monoisotopic (exact) mass is 346 g/mol. The van der Waals surface area contributed by atoms with Gasteiger partial charge in [-0.3, -0.25) is 0 Å². The molecule has 0 saturated heterocycles. The Hall–Kier alpha value is -2.44. The Morgan fingerprint density at radius 1 is 1.08 bits per heavy atom. The van der Waals surface area contributed by atoms with Gasteiger partial charge in [0.05, 0.1) is 19.6 Å². The van der Waals surface area contributed by atoms with Crippen molar-refractivity contribution in [2.75, 3.05) is 20.3 Å². The molecule has 6 nitrogen and oxygen atoms in total. The van der Waals surface area contributed by atoms with Crippen LogP contribution in [-0.4, -0.2) is 40.7 Å². The van der Waals surface area contributed by atoms with Gasteiger partial charge in [0.2, 0.25) is 0 Å². The summed E-state index contributed by atoms with van der Waals surface area (Å²) in [6.45, 7) is -0.0720. The van der Waals surface area contributed by atoms with Gasteiger partial charge < -0.3 is 29.9 Å². The molecule has 0 radical (unpaired) electrons. The van der Waals surface area contributed by atoms with E-state index >= 15 is 0 Å². The maximum atomic E-state index is 10.3. The third kappa shape index (κ3) is 3.23. The molecule has 3 rings (SSSR count). The van der Waals surface area contributed by atoms with Crippen molar-refractivity contribution in [2.45, 2.75) is 24.9 Å². The van der Waals surface area contributed by atoms with Gasteiger partial charge in [0.1, 0.15) is 6.10 Å². The molecule has 2 aromatic rings. The number of phenolic OH excluding ortho intramolecular Hbond substituents is 2. The fourth-order valence-electron chi connectivity index (χ4n) is 3.27. The van der Waals surface area contributed by atoms with Crippen molar-refractivity contribution in [3.05, 3.63) is 47.0 Å². The highest BCUT2D eigenvalue weighted by Gasteiger charge is 2.37. The predicted molar refractivity (Wildman–Crippen MR) is 91.4 cm³/mol. The average Bonchev–Trinajstić information content (AvgIpc) is 2.99. The molecule has 0 fully saturated rings. The summed E-state index contributed by atoms with van der Waals surface area (Å²) in [5.74, 6) is 0.392. The average molecular weight is 346 g/mol. The van der Waals surface area contributed by atoms with E-state index in [0.29, 0.717) is 24.3 Å². The summed E-state index contributed by atoms with van der Waals surface area (Å²) < 4.78 is 11.1. The number of hydrogen-bond acceptors (Lipinski definition) is 6. The molecule has 0 spiro atoms. The topological polar surface area (TPSA) is 99.4 Å². The largest absolute Gasteiger partial charge is 0.504 e. The van der Waals surface area contributed by atoms with Gasteiger partial charge in [-0.05, 0) is 42.2 Å². The first kappa shape index (κ1) is 17.4. The molecule has 0 saturated carbocycles. The van der Waals surface area contributed by atoms with Crippen molar-refractivity contribution in [1.82, 2.24) is 0 Å². The maximum absolute atomic E-state index is 10.3.